The van der Waals surface area contributed by atoms with E-state index < -0.39 is 0 Å². The maximum atomic E-state index is 12.7. The van der Waals surface area contributed by atoms with Crippen LogP contribution in [-0.4, -0.2) is 12.5 Å². The van der Waals surface area contributed by atoms with Crippen molar-refractivity contribution in [1.82, 2.24) is 0 Å². The summed E-state index contributed by atoms with van der Waals surface area (Å²) in [5.41, 5.74) is 3.22. The summed E-state index contributed by atoms with van der Waals surface area (Å²) in [6, 6.07) is 20.7. The van der Waals surface area contributed by atoms with Crippen LogP contribution in [0.3, 0.4) is 0 Å². The van der Waals surface area contributed by atoms with Crippen LogP contribution < -0.4 is 14.8 Å². The van der Waals surface area contributed by atoms with E-state index in [0.29, 0.717) is 24.5 Å². The van der Waals surface area contributed by atoms with Crippen molar-refractivity contribution in [3.05, 3.63) is 87.9 Å². The third kappa shape index (κ3) is 5.14. The first-order valence-electron chi connectivity index (χ1n) is 9.08. The van der Waals surface area contributed by atoms with E-state index in [1.807, 2.05) is 74.5 Å². The first-order valence-corrected chi connectivity index (χ1v) is 9.87. The van der Waals surface area contributed by atoms with Crippen LogP contribution in [-0.2, 0) is 6.61 Å². The van der Waals surface area contributed by atoms with Crippen LogP contribution in [0.5, 0.6) is 11.5 Å². The molecule has 0 aliphatic rings. The minimum atomic E-state index is -0.188. The van der Waals surface area contributed by atoms with Gasteiger partial charge < -0.3 is 14.8 Å². The lowest BCUT2D eigenvalue weighted by atomic mass is 10.1. The van der Waals surface area contributed by atoms with E-state index in [9.17, 15) is 4.79 Å². The normalized spacial score (nSPS) is 10.4. The molecule has 0 fully saturated rings. The number of rotatable bonds is 7. The van der Waals surface area contributed by atoms with Gasteiger partial charge in [-0.3, -0.25) is 4.79 Å². The molecule has 0 aromatic heterocycles. The Balaban J connectivity index is 1.80. The number of para-hydroxylation sites is 1. The number of carbonyl (C=O) groups excluding carboxylic acids is 1. The van der Waals surface area contributed by atoms with Gasteiger partial charge in [0.05, 0.1) is 12.3 Å². The Bertz CT molecular complexity index is 972. The van der Waals surface area contributed by atoms with Crippen LogP contribution in [0.25, 0.3) is 0 Å². The number of anilines is 1. The molecule has 0 heterocycles. The topological polar surface area (TPSA) is 47.6 Å². The lowest BCUT2D eigenvalue weighted by Crippen LogP contribution is -2.13. The molecule has 0 atom stereocenters. The summed E-state index contributed by atoms with van der Waals surface area (Å²) in [4.78, 5) is 12.7. The zero-order valence-corrected chi connectivity index (χ0v) is 17.5. The minimum absolute atomic E-state index is 0.188. The van der Waals surface area contributed by atoms with Crippen molar-refractivity contribution in [2.45, 2.75) is 20.5 Å². The summed E-state index contributed by atoms with van der Waals surface area (Å²) in [5, 5.41) is 2.92. The third-order valence-corrected chi connectivity index (χ3v) is 4.82. The number of hydrogen-bond acceptors (Lipinski definition) is 3. The third-order valence-electron chi connectivity index (χ3n) is 4.13. The van der Waals surface area contributed by atoms with Crippen LogP contribution >= 0.6 is 15.9 Å². The molecule has 1 N–H and O–H groups in total. The Morgan fingerprint density at radius 1 is 1.00 bits per heavy atom. The smallest absolute Gasteiger partial charge is 0.255 e. The van der Waals surface area contributed by atoms with Crippen molar-refractivity contribution in [2.75, 3.05) is 11.9 Å². The SMILES string of the molecule is CCOc1ccc(C(=O)Nc2ccccc2Br)cc1COc1cccc(C)c1. The molecule has 0 aliphatic heterocycles. The molecule has 0 aliphatic carbocycles. The molecule has 0 radical (unpaired) electrons. The van der Waals surface area contributed by atoms with Gasteiger partial charge in [-0.2, -0.15) is 0 Å². The Morgan fingerprint density at radius 2 is 1.82 bits per heavy atom. The second-order valence-electron chi connectivity index (χ2n) is 6.29. The van der Waals surface area contributed by atoms with Gasteiger partial charge >= 0.3 is 0 Å². The standard InChI is InChI=1S/C23H22BrNO3/c1-3-27-22-12-11-17(23(26)25-21-10-5-4-9-20(21)24)14-18(22)15-28-19-8-6-7-16(2)13-19/h4-14H,3,15H2,1-2H3,(H,25,26). The lowest BCUT2D eigenvalue weighted by molar-refractivity contribution is 0.102. The van der Waals surface area contributed by atoms with E-state index in [4.69, 9.17) is 9.47 Å². The monoisotopic (exact) mass is 439 g/mol. The van der Waals surface area contributed by atoms with E-state index >= 15 is 0 Å². The Hall–Kier alpha value is -2.79. The quantitative estimate of drug-likeness (QED) is 0.491. The van der Waals surface area contributed by atoms with E-state index in [1.165, 1.54) is 0 Å². The molecule has 28 heavy (non-hydrogen) atoms. The van der Waals surface area contributed by atoms with Crippen molar-refractivity contribution in [3.8, 4) is 11.5 Å². The van der Waals surface area contributed by atoms with Gasteiger partial charge in [0.1, 0.15) is 18.1 Å². The lowest BCUT2D eigenvalue weighted by Gasteiger charge is -2.14. The maximum absolute atomic E-state index is 12.7. The number of nitrogens with one attached hydrogen (secondary N) is 1. The molecule has 1 amide bonds. The number of halogens is 1. The molecular formula is C23H22BrNO3. The van der Waals surface area contributed by atoms with Gasteiger partial charge in [-0.1, -0.05) is 24.3 Å². The predicted octanol–water partition coefficient (Wildman–Crippen LogP) is 5.99. The van der Waals surface area contributed by atoms with Crippen molar-refractivity contribution >= 4 is 27.5 Å². The number of hydrogen-bond donors (Lipinski definition) is 1. The molecule has 0 saturated heterocycles. The van der Waals surface area contributed by atoms with Crippen LogP contribution in [0.4, 0.5) is 5.69 Å². The number of ether oxygens (including phenoxy) is 2. The molecule has 3 rings (SSSR count). The number of amides is 1. The molecule has 3 aromatic rings. The highest BCUT2D eigenvalue weighted by Gasteiger charge is 2.13. The molecule has 3 aromatic carbocycles. The number of carbonyl (C=O) groups is 1. The summed E-state index contributed by atoms with van der Waals surface area (Å²) < 4.78 is 12.4. The zero-order chi connectivity index (χ0) is 19.9. The van der Waals surface area contributed by atoms with E-state index in [-0.39, 0.29) is 5.91 Å². The van der Waals surface area contributed by atoms with Gasteiger partial charge in [0.15, 0.2) is 0 Å². The van der Waals surface area contributed by atoms with Gasteiger partial charge in [0, 0.05) is 15.6 Å². The van der Waals surface area contributed by atoms with E-state index in [0.717, 1.165) is 27.0 Å². The van der Waals surface area contributed by atoms with Gasteiger partial charge in [-0.15, -0.1) is 0 Å². The van der Waals surface area contributed by atoms with Crippen molar-refractivity contribution in [3.63, 3.8) is 0 Å². The first-order chi connectivity index (χ1) is 13.6. The Kier molecular flexibility index (Phi) is 6.71. The van der Waals surface area contributed by atoms with E-state index in [1.54, 1.807) is 6.07 Å². The largest absolute Gasteiger partial charge is 0.493 e. The average Bonchev–Trinajstić information content (AvgIpc) is 2.69. The molecule has 0 unspecified atom stereocenters. The van der Waals surface area contributed by atoms with Gasteiger partial charge in [0.25, 0.3) is 5.91 Å². The fourth-order valence-corrected chi connectivity index (χ4v) is 3.14. The van der Waals surface area contributed by atoms with Crippen LogP contribution in [0.1, 0.15) is 28.4 Å². The van der Waals surface area contributed by atoms with E-state index in [2.05, 4.69) is 21.2 Å². The second-order valence-corrected chi connectivity index (χ2v) is 7.15. The fourth-order valence-electron chi connectivity index (χ4n) is 2.75. The summed E-state index contributed by atoms with van der Waals surface area (Å²) in [6.45, 7) is 4.80. The summed E-state index contributed by atoms with van der Waals surface area (Å²) in [5.74, 6) is 1.31. The zero-order valence-electron chi connectivity index (χ0n) is 15.9. The second kappa shape index (κ2) is 9.42. The van der Waals surface area contributed by atoms with Crippen molar-refractivity contribution in [1.29, 1.82) is 0 Å². The highest BCUT2D eigenvalue weighted by atomic mass is 79.9. The molecule has 5 heteroatoms. The van der Waals surface area contributed by atoms with Crippen LogP contribution in [0.2, 0.25) is 0 Å². The fraction of sp³-hybridized carbons (Fsp3) is 0.174. The highest BCUT2D eigenvalue weighted by molar-refractivity contribution is 9.10. The minimum Gasteiger partial charge on any atom is -0.493 e. The van der Waals surface area contributed by atoms with Crippen LogP contribution in [0, 0.1) is 6.92 Å². The molecule has 0 spiro atoms. The number of benzene rings is 3. The summed E-state index contributed by atoms with van der Waals surface area (Å²) in [7, 11) is 0. The number of aryl methyl sites for hydroxylation is 1. The van der Waals surface area contributed by atoms with Crippen molar-refractivity contribution in [2.24, 2.45) is 0 Å². The summed E-state index contributed by atoms with van der Waals surface area (Å²) in [6.07, 6.45) is 0. The molecular weight excluding hydrogens is 418 g/mol. The Morgan fingerprint density at radius 3 is 2.57 bits per heavy atom. The molecule has 0 bridgehead atoms. The highest BCUT2D eigenvalue weighted by Crippen LogP contribution is 2.25. The van der Waals surface area contributed by atoms with Crippen LogP contribution in [0.15, 0.2) is 71.2 Å². The molecule has 144 valence electrons. The van der Waals surface area contributed by atoms with Crippen molar-refractivity contribution < 1.29 is 14.3 Å². The molecule has 4 nitrogen and oxygen atoms in total. The average molecular weight is 440 g/mol. The summed E-state index contributed by atoms with van der Waals surface area (Å²) >= 11 is 3.45. The van der Waals surface area contributed by atoms with Gasteiger partial charge in [-0.05, 0) is 77.8 Å². The molecule has 0 saturated carbocycles. The van der Waals surface area contributed by atoms with Gasteiger partial charge in [-0.25, -0.2) is 0 Å². The maximum Gasteiger partial charge on any atom is 0.255 e. The first kappa shape index (κ1) is 20.0. The Labute approximate surface area is 173 Å². The predicted molar refractivity (Wildman–Crippen MR) is 115 cm³/mol. The van der Waals surface area contributed by atoms with Gasteiger partial charge in [0.2, 0.25) is 0 Å².